The fourth-order valence-electron chi connectivity index (χ4n) is 2.34. The molecule has 0 aromatic carbocycles. The van der Waals surface area contributed by atoms with Gasteiger partial charge in [-0.3, -0.25) is 5.10 Å². The molecule has 19 heavy (non-hydrogen) atoms. The van der Waals surface area contributed by atoms with E-state index in [0.717, 1.165) is 24.5 Å². The molecule has 1 aromatic heterocycles. The Hall–Kier alpha value is -0.990. The molecule has 2 N–H and O–H groups in total. The zero-order valence-electron chi connectivity index (χ0n) is 11.5. The molecule has 1 saturated heterocycles. The van der Waals surface area contributed by atoms with Gasteiger partial charge in [0.15, 0.2) is 5.82 Å². The summed E-state index contributed by atoms with van der Waals surface area (Å²) in [5.41, 5.74) is 0. The quantitative estimate of drug-likeness (QED) is 0.825. The van der Waals surface area contributed by atoms with Crippen molar-refractivity contribution in [1.29, 1.82) is 0 Å². The summed E-state index contributed by atoms with van der Waals surface area (Å²) in [5.74, 6) is 1.55. The Morgan fingerprint density at radius 3 is 2.53 bits per heavy atom. The van der Waals surface area contributed by atoms with Crippen molar-refractivity contribution in [2.75, 3.05) is 19.3 Å². The highest BCUT2D eigenvalue weighted by Crippen LogP contribution is 2.16. The second kappa shape index (κ2) is 5.56. The molecule has 7 nitrogen and oxygen atoms in total. The van der Waals surface area contributed by atoms with Crippen LogP contribution in [0.4, 0.5) is 0 Å². The summed E-state index contributed by atoms with van der Waals surface area (Å²) in [4.78, 5) is 4.29. The van der Waals surface area contributed by atoms with Gasteiger partial charge in [0.1, 0.15) is 5.82 Å². The molecule has 2 heterocycles. The number of aryl methyl sites for hydroxylation is 1. The lowest BCUT2D eigenvalue weighted by atomic mass is 10.1. The molecule has 0 saturated carbocycles. The molecule has 0 aliphatic carbocycles. The predicted octanol–water partition coefficient (Wildman–Crippen LogP) is 0.188. The number of nitrogens with zero attached hydrogens (tertiary/aromatic N) is 3. The van der Waals surface area contributed by atoms with Crippen LogP contribution in [0, 0.1) is 6.92 Å². The third-order valence-electron chi connectivity index (χ3n) is 3.41. The van der Waals surface area contributed by atoms with E-state index in [1.807, 2.05) is 13.8 Å². The van der Waals surface area contributed by atoms with Gasteiger partial charge in [-0.15, -0.1) is 0 Å². The molecule has 0 spiro atoms. The van der Waals surface area contributed by atoms with Crippen molar-refractivity contribution < 1.29 is 8.42 Å². The summed E-state index contributed by atoms with van der Waals surface area (Å²) in [5, 5.41) is 10.4. The van der Waals surface area contributed by atoms with Gasteiger partial charge in [-0.1, -0.05) is 0 Å². The second-order valence-electron chi connectivity index (χ2n) is 5.10. The monoisotopic (exact) mass is 287 g/mol. The van der Waals surface area contributed by atoms with Crippen LogP contribution in [0.3, 0.4) is 0 Å². The van der Waals surface area contributed by atoms with Crippen LogP contribution in [0.25, 0.3) is 0 Å². The van der Waals surface area contributed by atoms with Crippen LogP contribution in [0.15, 0.2) is 0 Å². The number of sulfonamides is 1. The van der Waals surface area contributed by atoms with Crippen molar-refractivity contribution >= 4 is 10.0 Å². The maximum Gasteiger partial charge on any atom is 0.211 e. The SMILES string of the molecule is Cc1nc([C@H](C)NC2CCN(S(C)(=O)=O)CC2)n[nH]1. The number of aromatic amines is 1. The zero-order valence-corrected chi connectivity index (χ0v) is 12.4. The van der Waals surface area contributed by atoms with E-state index in [-0.39, 0.29) is 6.04 Å². The van der Waals surface area contributed by atoms with E-state index < -0.39 is 10.0 Å². The van der Waals surface area contributed by atoms with Gasteiger partial charge in [0.2, 0.25) is 10.0 Å². The number of H-pyrrole nitrogens is 1. The molecule has 1 aromatic rings. The third kappa shape index (κ3) is 3.74. The van der Waals surface area contributed by atoms with Crippen molar-refractivity contribution in [3.05, 3.63) is 11.6 Å². The number of piperidine rings is 1. The van der Waals surface area contributed by atoms with Crippen molar-refractivity contribution in [3.8, 4) is 0 Å². The normalized spacial score (nSPS) is 20.6. The molecule has 0 bridgehead atoms. The lowest BCUT2D eigenvalue weighted by molar-refractivity contribution is 0.276. The summed E-state index contributed by atoms with van der Waals surface area (Å²) in [7, 11) is -3.05. The van der Waals surface area contributed by atoms with E-state index >= 15 is 0 Å². The van der Waals surface area contributed by atoms with Crippen LogP contribution in [-0.2, 0) is 10.0 Å². The highest BCUT2D eigenvalue weighted by Gasteiger charge is 2.26. The number of aromatic nitrogens is 3. The third-order valence-corrected chi connectivity index (χ3v) is 4.71. The first-order valence-electron chi connectivity index (χ1n) is 6.46. The van der Waals surface area contributed by atoms with E-state index in [1.54, 1.807) is 0 Å². The fraction of sp³-hybridized carbons (Fsp3) is 0.818. The van der Waals surface area contributed by atoms with Gasteiger partial charge in [0.25, 0.3) is 0 Å². The van der Waals surface area contributed by atoms with Crippen molar-refractivity contribution in [2.45, 2.75) is 38.8 Å². The molecule has 1 fully saturated rings. The number of hydrogen-bond donors (Lipinski definition) is 2. The first-order valence-corrected chi connectivity index (χ1v) is 8.31. The van der Waals surface area contributed by atoms with Crippen LogP contribution < -0.4 is 5.32 Å². The first kappa shape index (κ1) is 14.4. The first-order chi connectivity index (χ1) is 8.86. The van der Waals surface area contributed by atoms with E-state index in [9.17, 15) is 8.42 Å². The average Bonchev–Trinajstić information content (AvgIpc) is 2.75. The molecule has 2 rings (SSSR count). The van der Waals surface area contributed by atoms with Gasteiger partial charge >= 0.3 is 0 Å². The molecule has 0 unspecified atom stereocenters. The summed E-state index contributed by atoms with van der Waals surface area (Å²) >= 11 is 0. The molecule has 108 valence electrons. The summed E-state index contributed by atoms with van der Waals surface area (Å²) in [6, 6.07) is 0.381. The minimum atomic E-state index is -3.05. The molecular weight excluding hydrogens is 266 g/mol. The Kier molecular flexibility index (Phi) is 4.22. The van der Waals surface area contributed by atoms with E-state index in [0.29, 0.717) is 19.1 Å². The van der Waals surface area contributed by atoms with E-state index in [2.05, 4.69) is 20.5 Å². The standard InChI is InChI=1S/C11H21N5O2S/c1-8(11-13-9(2)14-15-11)12-10-4-6-16(7-5-10)19(3,17)18/h8,10,12H,4-7H2,1-3H3,(H,13,14,15)/t8-/m0/s1. The molecular formula is C11H21N5O2S. The Balaban J connectivity index is 1.86. The smallest absolute Gasteiger partial charge is 0.211 e. The topological polar surface area (TPSA) is 91.0 Å². The van der Waals surface area contributed by atoms with Gasteiger partial charge < -0.3 is 5.32 Å². The second-order valence-corrected chi connectivity index (χ2v) is 7.09. The van der Waals surface area contributed by atoms with Gasteiger partial charge in [0, 0.05) is 19.1 Å². The molecule has 1 aliphatic rings. The van der Waals surface area contributed by atoms with E-state index in [1.165, 1.54) is 10.6 Å². The molecule has 8 heteroatoms. The Bertz CT molecular complexity index is 519. The molecule has 0 radical (unpaired) electrons. The Morgan fingerprint density at radius 1 is 1.42 bits per heavy atom. The van der Waals surface area contributed by atoms with E-state index in [4.69, 9.17) is 0 Å². The minimum Gasteiger partial charge on any atom is -0.305 e. The maximum atomic E-state index is 11.4. The lowest BCUT2D eigenvalue weighted by Gasteiger charge is -2.31. The van der Waals surface area contributed by atoms with Crippen molar-refractivity contribution in [1.82, 2.24) is 24.8 Å². The Labute approximate surface area is 113 Å². The van der Waals surface area contributed by atoms with Gasteiger partial charge in [-0.2, -0.15) is 5.10 Å². The molecule has 1 aliphatic heterocycles. The highest BCUT2D eigenvalue weighted by atomic mass is 32.2. The van der Waals surface area contributed by atoms with Crippen LogP contribution in [0.2, 0.25) is 0 Å². The van der Waals surface area contributed by atoms with Crippen molar-refractivity contribution in [3.63, 3.8) is 0 Å². The summed E-state index contributed by atoms with van der Waals surface area (Å²) in [6.45, 7) is 5.05. The summed E-state index contributed by atoms with van der Waals surface area (Å²) < 4.78 is 24.4. The largest absolute Gasteiger partial charge is 0.305 e. The van der Waals surface area contributed by atoms with Gasteiger partial charge in [-0.25, -0.2) is 17.7 Å². The van der Waals surface area contributed by atoms with Crippen LogP contribution >= 0.6 is 0 Å². The predicted molar refractivity (Wildman–Crippen MR) is 72.1 cm³/mol. The molecule has 0 amide bonds. The average molecular weight is 287 g/mol. The van der Waals surface area contributed by atoms with Crippen LogP contribution in [-0.4, -0.2) is 53.3 Å². The fourth-order valence-corrected chi connectivity index (χ4v) is 3.21. The lowest BCUT2D eigenvalue weighted by Crippen LogP contribution is -2.45. The minimum absolute atomic E-state index is 0.0692. The number of hydrogen-bond acceptors (Lipinski definition) is 5. The number of rotatable bonds is 4. The molecule has 1 atom stereocenters. The van der Waals surface area contributed by atoms with Gasteiger partial charge in [0.05, 0.1) is 12.3 Å². The highest BCUT2D eigenvalue weighted by molar-refractivity contribution is 7.88. The van der Waals surface area contributed by atoms with Crippen molar-refractivity contribution in [2.24, 2.45) is 0 Å². The van der Waals surface area contributed by atoms with Gasteiger partial charge in [-0.05, 0) is 26.7 Å². The van der Waals surface area contributed by atoms with Crippen LogP contribution in [0.1, 0.15) is 37.5 Å². The Morgan fingerprint density at radius 2 is 2.05 bits per heavy atom. The maximum absolute atomic E-state index is 11.4. The zero-order chi connectivity index (χ0) is 14.0. The van der Waals surface area contributed by atoms with Crippen LogP contribution in [0.5, 0.6) is 0 Å². The summed E-state index contributed by atoms with van der Waals surface area (Å²) in [6.07, 6.45) is 2.90. The number of nitrogens with one attached hydrogen (secondary N) is 2.